The summed E-state index contributed by atoms with van der Waals surface area (Å²) >= 11 is 0. The first kappa shape index (κ1) is 22.0. The molecule has 0 aliphatic rings. The molecular formula is C16H15F3N4O5S2. The summed E-state index contributed by atoms with van der Waals surface area (Å²) in [5, 5.41) is 0. The van der Waals surface area contributed by atoms with Crippen molar-refractivity contribution in [3.05, 3.63) is 36.5 Å². The van der Waals surface area contributed by atoms with Gasteiger partial charge in [0.25, 0.3) is 0 Å². The Morgan fingerprint density at radius 1 is 1.13 bits per heavy atom. The predicted molar refractivity (Wildman–Crippen MR) is 99.3 cm³/mol. The molecule has 0 fully saturated rings. The summed E-state index contributed by atoms with van der Waals surface area (Å²) in [7, 11) is -7.34. The van der Waals surface area contributed by atoms with Crippen LogP contribution in [0.2, 0.25) is 0 Å². The minimum absolute atomic E-state index is 0.00203. The monoisotopic (exact) mass is 464 g/mol. The number of hydrogen-bond donors (Lipinski definition) is 0. The van der Waals surface area contributed by atoms with Gasteiger partial charge in [-0.25, -0.2) is 31.8 Å². The number of rotatable bonds is 6. The van der Waals surface area contributed by atoms with Gasteiger partial charge in [0.1, 0.15) is 34.8 Å². The zero-order valence-electron chi connectivity index (χ0n) is 15.6. The van der Waals surface area contributed by atoms with Crippen LogP contribution in [0.15, 0.2) is 35.7 Å². The van der Waals surface area contributed by atoms with Crippen LogP contribution in [0.1, 0.15) is 12.6 Å². The second-order valence-electron chi connectivity index (χ2n) is 6.27. The average Bonchev–Trinajstić information content (AvgIpc) is 3.08. The van der Waals surface area contributed by atoms with E-state index in [4.69, 9.17) is 4.74 Å². The van der Waals surface area contributed by atoms with Crippen molar-refractivity contribution in [3.63, 3.8) is 0 Å². The quantitative estimate of drug-likeness (QED) is 0.543. The second-order valence-corrected chi connectivity index (χ2v) is 10.6. The highest BCUT2D eigenvalue weighted by Crippen LogP contribution is 2.31. The smallest absolute Gasteiger partial charge is 0.433 e. The molecule has 0 bridgehead atoms. The Labute approximate surface area is 169 Å². The minimum Gasteiger partial charge on any atom is -0.476 e. The molecule has 0 unspecified atom stereocenters. The van der Waals surface area contributed by atoms with E-state index in [1.165, 1.54) is 17.5 Å². The third-order valence-electron chi connectivity index (χ3n) is 3.86. The van der Waals surface area contributed by atoms with Crippen molar-refractivity contribution in [2.75, 3.05) is 17.9 Å². The maximum Gasteiger partial charge on any atom is 0.433 e. The van der Waals surface area contributed by atoms with E-state index >= 15 is 0 Å². The van der Waals surface area contributed by atoms with Crippen LogP contribution >= 0.6 is 0 Å². The molecule has 0 atom stereocenters. The van der Waals surface area contributed by atoms with E-state index in [0.717, 1.165) is 30.9 Å². The molecule has 9 nitrogen and oxygen atoms in total. The highest BCUT2D eigenvalue weighted by Gasteiger charge is 2.33. The molecule has 0 aliphatic carbocycles. The first-order valence-electron chi connectivity index (χ1n) is 8.26. The van der Waals surface area contributed by atoms with Gasteiger partial charge in [0.2, 0.25) is 0 Å². The number of aromatic nitrogens is 4. The lowest BCUT2D eigenvalue weighted by Crippen LogP contribution is -2.11. The number of hydrogen-bond acceptors (Lipinski definition) is 8. The van der Waals surface area contributed by atoms with Crippen LogP contribution in [0.4, 0.5) is 13.2 Å². The lowest BCUT2D eigenvalue weighted by atomic mass is 10.3. The highest BCUT2D eigenvalue weighted by atomic mass is 32.2. The molecule has 0 aromatic carbocycles. The van der Waals surface area contributed by atoms with Gasteiger partial charge in [0.05, 0.1) is 16.8 Å². The van der Waals surface area contributed by atoms with Gasteiger partial charge in [-0.05, 0) is 0 Å². The molecule has 30 heavy (non-hydrogen) atoms. The zero-order valence-corrected chi connectivity index (χ0v) is 17.2. The Kier molecular flexibility index (Phi) is 5.49. The molecule has 3 rings (SSSR count). The number of imidazole rings is 1. The number of ether oxygens (including phenoxy) is 1. The number of pyridine rings is 1. The lowest BCUT2D eigenvalue weighted by molar-refractivity contribution is -0.141. The van der Waals surface area contributed by atoms with E-state index < -0.39 is 37.5 Å². The molecule has 3 aromatic heterocycles. The van der Waals surface area contributed by atoms with Crippen LogP contribution in [-0.4, -0.2) is 54.1 Å². The summed E-state index contributed by atoms with van der Waals surface area (Å²) in [6, 6.07) is 1.83. The van der Waals surface area contributed by atoms with Crippen LogP contribution in [0.5, 0.6) is 5.75 Å². The van der Waals surface area contributed by atoms with E-state index in [1.54, 1.807) is 0 Å². The van der Waals surface area contributed by atoms with Crippen LogP contribution in [0, 0.1) is 0 Å². The van der Waals surface area contributed by atoms with Crippen molar-refractivity contribution in [1.82, 2.24) is 19.4 Å². The number of sulfone groups is 2. The minimum atomic E-state index is -4.67. The summed E-state index contributed by atoms with van der Waals surface area (Å²) < 4.78 is 92.5. The van der Waals surface area contributed by atoms with Gasteiger partial charge < -0.3 is 4.74 Å². The number of fused-ring (bicyclic) bond motifs is 1. The third-order valence-corrected chi connectivity index (χ3v) is 6.15. The molecule has 14 heteroatoms. The summed E-state index contributed by atoms with van der Waals surface area (Å²) in [5.74, 6) is -1.08. The first-order chi connectivity index (χ1) is 13.8. The largest absolute Gasteiger partial charge is 0.476 e. The Hall–Kier alpha value is -2.74. The summed E-state index contributed by atoms with van der Waals surface area (Å²) in [4.78, 5) is 11.1. The molecule has 0 aliphatic heterocycles. The fourth-order valence-electron chi connectivity index (χ4n) is 2.43. The van der Waals surface area contributed by atoms with Gasteiger partial charge in [-0.3, -0.25) is 4.40 Å². The van der Waals surface area contributed by atoms with Crippen molar-refractivity contribution in [3.8, 4) is 17.1 Å². The molecular weight excluding hydrogens is 449 g/mol. The molecule has 3 aromatic rings. The molecule has 162 valence electrons. The van der Waals surface area contributed by atoms with Crippen LogP contribution in [0.3, 0.4) is 0 Å². The molecule has 0 N–H and O–H groups in total. The topological polar surface area (TPSA) is 121 Å². The summed E-state index contributed by atoms with van der Waals surface area (Å²) in [6.45, 7) is 1.40. The van der Waals surface area contributed by atoms with Crippen molar-refractivity contribution in [1.29, 1.82) is 0 Å². The van der Waals surface area contributed by atoms with E-state index in [2.05, 4.69) is 15.0 Å². The van der Waals surface area contributed by atoms with Crippen molar-refractivity contribution < 1.29 is 34.7 Å². The second kappa shape index (κ2) is 7.50. The van der Waals surface area contributed by atoms with E-state index in [9.17, 15) is 30.0 Å². The number of alkyl halides is 3. The van der Waals surface area contributed by atoms with E-state index in [1.807, 2.05) is 0 Å². The van der Waals surface area contributed by atoms with Gasteiger partial charge in [0, 0.05) is 24.6 Å². The Balaban J connectivity index is 2.12. The van der Waals surface area contributed by atoms with E-state index in [0.29, 0.717) is 0 Å². The molecule has 0 saturated heterocycles. The predicted octanol–water partition coefficient (Wildman–Crippen LogP) is 1.98. The average molecular weight is 464 g/mol. The summed E-state index contributed by atoms with van der Waals surface area (Å²) in [5.41, 5.74) is -1.36. The Morgan fingerprint density at radius 3 is 2.43 bits per heavy atom. The fraction of sp³-hybridized carbons (Fsp3) is 0.312. The number of halogens is 3. The SMILES string of the molecule is CCS(=O)(=O)c1cc(OCS(C)(=O)=O)cnc1-c1cn2cnc(C(F)(F)F)cc2n1. The maximum absolute atomic E-state index is 12.9. The number of nitrogens with zero attached hydrogens (tertiary/aromatic N) is 4. The molecule has 0 radical (unpaired) electrons. The normalized spacial score (nSPS) is 13.0. The van der Waals surface area contributed by atoms with Crippen LogP contribution in [0.25, 0.3) is 17.0 Å². The van der Waals surface area contributed by atoms with Crippen molar-refractivity contribution >= 4 is 25.3 Å². The Morgan fingerprint density at radius 2 is 1.83 bits per heavy atom. The van der Waals surface area contributed by atoms with Gasteiger partial charge in [0.15, 0.2) is 25.6 Å². The van der Waals surface area contributed by atoms with E-state index in [-0.39, 0.29) is 33.4 Å². The lowest BCUT2D eigenvalue weighted by Gasteiger charge is -2.10. The van der Waals surface area contributed by atoms with Gasteiger partial charge >= 0.3 is 6.18 Å². The van der Waals surface area contributed by atoms with Gasteiger partial charge in [-0.2, -0.15) is 13.2 Å². The fourth-order valence-corrected chi connectivity index (χ4v) is 3.83. The van der Waals surface area contributed by atoms with Crippen molar-refractivity contribution in [2.24, 2.45) is 0 Å². The zero-order chi connectivity index (χ0) is 22.3. The van der Waals surface area contributed by atoms with Crippen molar-refractivity contribution in [2.45, 2.75) is 18.0 Å². The maximum atomic E-state index is 12.9. The van der Waals surface area contributed by atoms with Crippen LogP contribution in [-0.2, 0) is 25.9 Å². The summed E-state index contributed by atoms with van der Waals surface area (Å²) in [6.07, 6.45) is -0.415. The molecule has 0 spiro atoms. The Bertz CT molecular complexity index is 1320. The highest BCUT2D eigenvalue weighted by molar-refractivity contribution is 7.91. The van der Waals surface area contributed by atoms with Gasteiger partial charge in [-0.15, -0.1) is 0 Å². The van der Waals surface area contributed by atoms with Gasteiger partial charge in [-0.1, -0.05) is 6.92 Å². The molecule has 3 heterocycles. The molecule has 0 amide bonds. The standard InChI is InChI=1S/C16H15F3N4O5S2/c1-3-30(26,27)12-4-10(28-9-29(2,24)25)6-20-15(12)11-7-23-8-21-13(16(17,18)19)5-14(23)22-11/h4-8H,3,9H2,1-2H3. The third kappa shape index (κ3) is 4.70. The molecule has 0 saturated carbocycles. The first-order valence-corrected chi connectivity index (χ1v) is 12.0. The van der Waals surface area contributed by atoms with Crippen LogP contribution < -0.4 is 4.74 Å².